The normalized spacial score (nSPS) is 19.9. The topological polar surface area (TPSA) is 85.8 Å². The maximum atomic E-state index is 12.1. The lowest BCUT2D eigenvalue weighted by molar-refractivity contribution is 0.187. The molecule has 2 rings (SSSR count). The third kappa shape index (κ3) is 10.1. The summed E-state index contributed by atoms with van der Waals surface area (Å²) in [5.41, 5.74) is 0. The molecule has 0 aromatic carbocycles. The molecule has 0 amide bonds. The smallest absolute Gasteiger partial charge is 0.213 e. The molecule has 0 radical (unpaired) electrons. The lowest BCUT2D eigenvalue weighted by Crippen LogP contribution is -2.49. The van der Waals surface area contributed by atoms with Gasteiger partial charge in [-0.3, -0.25) is 4.99 Å². The fourth-order valence-corrected chi connectivity index (χ4v) is 4.55. The molecule has 1 heterocycles. The first-order chi connectivity index (χ1) is 12.9. The van der Waals surface area contributed by atoms with Gasteiger partial charge in [0, 0.05) is 38.8 Å². The number of hydrogen-bond donors (Lipinski definition) is 3. The number of rotatable bonds is 10. The standard InChI is InChI=1S/C19H39N5O2S.HI/c1-4-20-19(23-18-8-11-24(12-9-18)15-16(2)3)21-10-13-27(25,26)22-14-17-6-5-7-17;/h16-18,22H,4-15H2,1-3H3,(H2,20,21,23);1H. The molecule has 0 aromatic heterocycles. The van der Waals surface area contributed by atoms with Crippen LogP contribution in [0.5, 0.6) is 0 Å². The summed E-state index contributed by atoms with van der Waals surface area (Å²) in [5.74, 6) is 2.01. The number of sulfonamides is 1. The SMILES string of the molecule is CCNC(=NCCS(=O)(=O)NCC1CCC1)NC1CCN(CC(C)C)CC1.I. The van der Waals surface area contributed by atoms with Crippen LogP contribution in [0.25, 0.3) is 0 Å². The molecule has 166 valence electrons. The van der Waals surface area contributed by atoms with E-state index in [2.05, 4.69) is 39.1 Å². The van der Waals surface area contributed by atoms with E-state index in [-0.39, 0.29) is 36.3 Å². The van der Waals surface area contributed by atoms with E-state index in [1.807, 2.05) is 6.92 Å². The fraction of sp³-hybridized carbons (Fsp3) is 0.947. The molecule has 7 nitrogen and oxygen atoms in total. The lowest BCUT2D eigenvalue weighted by atomic mass is 9.86. The molecule has 0 aromatic rings. The van der Waals surface area contributed by atoms with Gasteiger partial charge in [0.2, 0.25) is 10.0 Å². The van der Waals surface area contributed by atoms with Gasteiger partial charge in [-0.25, -0.2) is 13.1 Å². The molecule has 9 heteroatoms. The van der Waals surface area contributed by atoms with Gasteiger partial charge in [-0.15, -0.1) is 24.0 Å². The van der Waals surface area contributed by atoms with Gasteiger partial charge in [-0.05, 0) is 44.4 Å². The summed E-state index contributed by atoms with van der Waals surface area (Å²) in [4.78, 5) is 7.00. The van der Waals surface area contributed by atoms with Gasteiger partial charge in [0.1, 0.15) is 0 Å². The van der Waals surface area contributed by atoms with Crippen molar-refractivity contribution < 1.29 is 8.42 Å². The van der Waals surface area contributed by atoms with Crippen LogP contribution in [0.1, 0.15) is 52.9 Å². The van der Waals surface area contributed by atoms with Crippen molar-refractivity contribution in [3.8, 4) is 0 Å². The van der Waals surface area contributed by atoms with Gasteiger partial charge >= 0.3 is 0 Å². The highest BCUT2D eigenvalue weighted by Crippen LogP contribution is 2.25. The number of nitrogens with zero attached hydrogens (tertiary/aromatic N) is 2. The van der Waals surface area contributed by atoms with Crippen LogP contribution >= 0.6 is 24.0 Å². The van der Waals surface area contributed by atoms with Crippen molar-refractivity contribution in [2.24, 2.45) is 16.8 Å². The van der Waals surface area contributed by atoms with E-state index in [0.717, 1.165) is 57.8 Å². The number of halogens is 1. The number of likely N-dealkylation sites (tertiary alicyclic amines) is 1. The average Bonchev–Trinajstić information content (AvgIpc) is 2.54. The Kier molecular flexibility index (Phi) is 12.2. The maximum Gasteiger partial charge on any atom is 0.213 e. The van der Waals surface area contributed by atoms with Crippen LogP contribution in [0.15, 0.2) is 4.99 Å². The monoisotopic (exact) mass is 529 g/mol. The maximum absolute atomic E-state index is 12.1. The lowest BCUT2D eigenvalue weighted by Gasteiger charge is -2.34. The zero-order valence-electron chi connectivity index (χ0n) is 17.7. The Labute approximate surface area is 189 Å². The molecule has 1 aliphatic carbocycles. The zero-order chi connectivity index (χ0) is 19.7. The zero-order valence-corrected chi connectivity index (χ0v) is 20.9. The molecule has 0 unspecified atom stereocenters. The Morgan fingerprint density at radius 1 is 1.18 bits per heavy atom. The van der Waals surface area contributed by atoms with Crippen molar-refractivity contribution in [3.63, 3.8) is 0 Å². The van der Waals surface area contributed by atoms with Crippen molar-refractivity contribution in [3.05, 3.63) is 0 Å². The van der Waals surface area contributed by atoms with Gasteiger partial charge in [0.25, 0.3) is 0 Å². The highest BCUT2D eigenvalue weighted by atomic mass is 127. The molecule has 0 atom stereocenters. The molecule has 1 saturated carbocycles. The molecule has 0 bridgehead atoms. The van der Waals surface area contributed by atoms with Crippen LogP contribution in [0, 0.1) is 11.8 Å². The summed E-state index contributed by atoms with van der Waals surface area (Å²) in [6.07, 6.45) is 5.71. The minimum atomic E-state index is -3.23. The molecule has 2 aliphatic rings. The van der Waals surface area contributed by atoms with Crippen molar-refractivity contribution in [1.82, 2.24) is 20.3 Å². The van der Waals surface area contributed by atoms with Crippen molar-refractivity contribution in [2.45, 2.75) is 58.9 Å². The van der Waals surface area contributed by atoms with Crippen LogP contribution in [-0.2, 0) is 10.0 Å². The van der Waals surface area contributed by atoms with E-state index in [1.54, 1.807) is 0 Å². The van der Waals surface area contributed by atoms with Crippen molar-refractivity contribution >= 4 is 40.0 Å². The number of piperidine rings is 1. The van der Waals surface area contributed by atoms with E-state index in [1.165, 1.54) is 6.42 Å². The molecular weight excluding hydrogens is 489 g/mol. The Balaban J connectivity index is 0.00000392. The van der Waals surface area contributed by atoms with Crippen LogP contribution in [0.3, 0.4) is 0 Å². The second-order valence-electron chi connectivity index (χ2n) is 8.34. The third-order valence-electron chi connectivity index (χ3n) is 5.34. The predicted octanol–water partition coefficient (Wildman–Crippen LogP) is 2.00. The van der Waals surface area contributed by atoms with Gasteiger partial charge in [-0.2, -0.15) is 0 Å². The molecule has 2 fully saturated rings. The number of nitrogens with one attached hydrogen (secondary N) is 3. The van der Waals surface area contributed by atoms with E-state index in [4.69, 9.17) is 0 Å². The van der Waals surface area contributed by atoms with Crippen LogP contribution in [-0.4, -0.2) is 70.3 Å². The Morgan fingerprint density at radius 2 is 1.86 bits per heavy atom. The summed E-state index contributed by atoms with van der Waals surface area (Å²) in [7, 11) is -3.23. The van der Waals surface area contributed by atoms with E-state index >= 15 is 0 Å². The second-order valence-corrected chi connectivity index (χ2v) is 10.3. The first-order valence-corrected chi connectivity index (χ1v) is 12.3. The van der Waals surface area contributed by atoms with Gasteiger partial charge in [0.15, 0.2) is 5.96 Å². The number of hydrogen-bond acceptors (Lipinski definition) is 4. The fourth-order valence-electron chi connectivity index (χ4n) is 3.58. The van der Waals surface area contributed by atoms with Gasteiger partial charge in [-0.1, -0.05) is 20.3 Å². The number of aliphatic imine (C=N–C) groups is 1. The van der Waals surface area contributed by atoms with E-state index in [9.17, 15) is 8.42 Å². The highest BCUT2D eigenvalue weighted by molar-refractivity contribution is 14.0. The van der Waals surface area contributed by atoms with Crippen LogP contribution < -0.4 is 15.4 Å². The van der Waals surface area contributed by atoms with Crippen molar-refractivity contribution in [2.75, 3.05) is 45.0 Å². The Morgan fingerprint density at radius 3 is 2.39 bits per heavy atom. The summed E-state index contributed by atoms with van der Waals surface area (Å²) >= 11 is 0. The van der Waals surface area contributed by atoms with Crippen molar-refractivity contribution in [1.29, 1.82) is 0 Å². The van der Waals surface area contributed by atoms with E-state index in [0.29, 0.717) is 24.4 Å². The van der Waals surface area contributed by atoms with Crippen LogP contribution in [0.4, 0.5) is 0 Å². The van der Waals surface area contributed by atoms with Gasteiger partial charge in [0.05, 0.1) is 12.3 Å². The molecular formula is C19H40IN5O2S. The quantitative estimate of drug-likeness (QED) is 0.229. The van der Waals surface area contributed by atoms with E-state index < -0.39 is 10.0 Å². The largest absolute Gasteiger partial charge is 0.357 e. The summed E-state index contributed by atoms with van der Waals surface area (Å²) in [5, 5.41) is 6.72. The first kappa shape index (κ1) is 25.9. The average molecular weight is 530 g/mol. The molecule has 3 N–H and O–H groups in total. The minimum absolute atomic E-state index is 0. The second kappa shape index (κ2) is 13.2. The molecule has 1 aliphatic heterocycles. The molecule has 28 heavy (non-hydrogen) atoms. The Hall–Kier alpha value is -0.130. The molecule has 0 spiro atoms. The summed E-state index contributed by atoms with van der Waals surface area (Å²) < 4.78 is 26.9. The third-order valence-corrected chi connectivity index (χ3v) is 6.67. The first-order valence-electron chi connectivity index (χ1n) is 10.6. The Bertz CT molecular complexity index is 559. The minimum Gasteiger partial charge on any atom is -0.357 e. The predicted molar refractivity (Wildman–Crippen MR) is 128 cm³/mol. The summed E-state index contributed by atoms with van der Waals surface area (Å²) in [6.45, 7) is 11.5. The highest BCUT2D eigenvalue weighted by Gasteiger charge is 2.21. The van der Waals surface area contributed by atoms with Crippen LogP contribution in [0.2, 0.25) is 0 Å². The summed E-state index contributed by atoms with van der Waals surface area (Å²) in [6, 6.07) is 0.402. The number of guanidine groups is 1. The molecule has 1 saturated heterocycles. The van der Waals surface area contributed by atoms with Gasteiger partial charge < -0.3 is 15.5 Å².